The van der Waals surface area contributed by atoms with Crippen LogP contribution in [0, 0.1) is 19.8 Å². The van der Waals surface area contributed by atoms with Gasteiger partial charge in [-0.3, -0.25) is 4.79 Å². The van der Waals surface area contributed by atoms with Crippen molar-refractivity contribution in [3.8, 4) is 5.69 Å². The number of aryl methyl sites for hydroxylation is 2. The molecule has 34 heavy (non-hydrogen) atoms. The third kappa shape index (κ3) is 5.17. The van der Waals surface area contributed by atoms with E-state index in [9.17, 15) is 9.59 Å². The van der Waals surface area contributed by atoms with Crippen molar-refractivity contribution in [2.45, 2.75) is 58.5 Å². The van der Waals surface area contributed by atoms with Gasteiger partial charge in [0.15, 0.2) is 0 Å². The van der Waals surface area contributed by atoms with E-state index in [0.29, 0.717) is 28.2 Å². The van der Waals surface area contributed by atoms with Crippen LogP contribution in [-0.4, -0.2) is 44.4 Å². The highest BCUT2D eigenvalue weighted by atomic mass is 32.2. The van der Waals surface area contributed by atoms with Gasteiger partial charge in [0.05, 0.1) is 23.6 Å². The molecule has 4 rings (SSSR count). The number of amides is 1. The lowest BCUT2D eigenvalue weighted by Gasteiger charge is -2.20. The number of nitrogens with zero attached hydrogens (tertiary/aromatic N) is 4. The van der Waals surface area contributed by atoms with Crippen LogP contribution in [0.4, 0.5) is 5.00 Å². The monoisotopic (exact) mass is 499 g/mol. The molecule has 1 aliphatic rings. The number of rotatable bonds is 8. The van der Waals surface area contributed by atoms with Gasteiger partial charge in [0.2, 0.25) is 11.1 Å². The second kappa shape index (κ2) is 10.7. The van der Waals surface area contributed by atoms with Gasteiger partial charge in [-0.1, -0.05) is 31.2 Å². The minimum Gasteiger partial charge on any atom is -0.462 e. The summed E-state index contributed by atoms with van der Waals surface area (Å²) >= 11 is 2.75. The maximum absolute atomic E-state index is 12.9. The molecule has 1 aliphatic carbocycles. The summed E-state index contributed by atoms with van der Waals surface area (Å²) in [5.41, 5.74) is 4.73. The van der Waals surface area contributed by atoms with Crippen molar-refractivity contribution in [3.63, 3.8) is 0 Å². The predicted molar refractivity (Wildman–Crippen MR) is 134 cm³/mol. The summed E-state index contributed by atoms with van der Waals surface area (Å²) in [5, 5.41) is 16.0. The molecule has 1 amide bonds. The Kier molecular flexibility index (Phi) is 7.67. The van der Waals surface area contributed by atoms with Gasteiger partial charge in [0, 0.05) is 4.88 Å². The number of fused-ring (bicyclic) bond motifs is 1. The van der Waals surface area contributed by atoms with E-state index in [0.717, 1.165) is 42.5 Å². The lowest BCUT2D eigenvalue weighted by atomic mass is 9.85. The Morgan fingerprint density at radius 3 is 2.82 bits per heavy atom. The third-order valence-electron chi connectivity index (χ3n) is 6.19. The number of esters is 1. The van der Waals surface area contributed by atoms with Crippen LogP contribution in [0.1, 0.15) is 58.6 Å². The van der Waals surface area contributed by atoms with Gasteiger partial charge in [-0.15, -0.1) is 16.4 Å². The van der Waals surface area contributed by atoms with Crippen LogP contribution < -0.4 is 5.32 Å². The maximum Gasteiger partial charge on any atom is 0.341 e. The van der Waals surface area contributed by atoms with Gasteiger partial charge < -0.3 is 10.1 Å². The Bertz CT molecular complexity index is 1200. The van der Waals surface area contributed by atoms with Crippen LogP contribution in [0.25, 0.3) is 5.69 Å². The fourth-order valence-corrected chi connectivity index (χ4v) is 6.15. The summed E-state index contributed by atoms with van der Waals surface area (Å²) < 4.78 is 6.94. The molecule has 1 unspecified atom stereocenters. The van der Waals surface area contributed by atoms with E-state index in [1.165, 1.54) is 33.5 Å². The molecule has 0 spiro atoms. The molecule has 0 aliphatic heterocycles. The number of carbonyl (C=O) groups is 2. The first-order valence-corrected chi connectivity index (χ1v) is 13.3. The second-order valence-electron chi connectivity index (χ2n) is 8.42. The van der Waals surface area contributed by atoms with Crippen molar-refractivity contribution >= 4 is 40.0 Å². The van der Waals surface area contributed by atoms with Gasteiger partial charge in [-0.05, 0) is 85.2 Å². The smallest absolute Gasteiger partial charge is 0.341 e. The zero-order valence-electron chi connectivity index (χ0n) is 19.9. The standard InChI is InChI=1S/C24H29N5O3S2/c1-5-16-8-10-18-19(12-16)34-22(21(18)23(31)32-6-2)25-20(30)13-33-24-26-27-28-29(24)17-9-7-14(3)15(4)11-17/h7,9,11,16H,5-6,8,10,12-13H2,1-4H3,(H,25,30). The summed E-state index contributed by atoms with van der Waals surface area (Å²) in [4.78, 5) is 26.8. The van der Waals surface area contributed by atoms with Gasteiger partial charge in [-0.25, -0.2) is 4.79 Å². The molecule has 1 N–H and O–H groups in total. The average molecular weight is 500 g/mol. The Morgan fingerprint density at radius 2 is 2.09 bits per heavy atom. The highest BCUT2D eigenvalue weighted by Crippen LogP contribution is 2.41. The molecule has 0 bridgehead atoms. The molecule has 0 saturated heterocycles. The first kappa shape index (κ1) is 24.4. The van der Waals surface area contributed by atoms with Crippen LogP contribution in [-0.2, 0) is 22.4 Å². The molecule has 2 aromatic heterocycles. The Labute approximate surface area is 207 Å². The first-order chi connectivity index (χ1) is 16.4. The fourth-order valence-electron chi connectivity index (χ4n) is 4.09. The summed E-state index contributed by atoms with van der Waals surface area (Å²) in [7, 11) is 0. The summed E-state index contributed by atoms with van der Waals surface area (Å²) in [6.07, 6.45) is 3.95. The zero-order valence-corrected chi connectivity index (χ0v) is 21.5. The Balaban J connectivity index is 1.49. The predicted octanol–water partition coefficient (Wildman–Crippen LogP) is 4.76. The molecule has 1 aromatic carbocycles. The number of hydrogen-bond acceptors (Lipinski definition) is 8. The largest absolute Gasteiger partial charge is 0.462 e. The van der Waals surface area contributed by atoms with Gasteiger partial charge in [0.1, 0.15) is 5.00 Å². The normalized spacial score (nSPS) is 15.1. The van der Waals surface area contributed by atoms with E-state index in [2.05, 4.69) is 27.8 Å². The number of hydrogen-bond donors (Lipinski definition) is 1. The lowest BCUT2D eigenvalue weighted by molar-refractivity contribution is -0.113. The summed E-state index contributed by atoms with van der Waals surface area (Å²) in [6.45, 7) is 8.37. The van der Waals surface area contributed by atoms with Crippen LogP contribution in [0.15, 0.2) is 23.4 Å². The molecule has 180 valence electrons. The van der Waals surface area contributed by atoms with Gasteiger partial charge >= 0.3 is 5.97 Å². The second-order valence-corrected chi connectivity index (χ2v) is 10.5. The Morgan fingerprint density at radius 1 is 1.26 bits per heavy atom. The molecule has 10 heteroatoms. The van der Waals surface area contributed by atoms with Crippen molar-refractivity contribution < 1.29 is 14.3 Å². The molecule has 1 atom stereocenters. The summed E-state index contributed by atoms with van der Waals surface area (Å²) in [5.74, 6) is 0.158. The number of thiophene rings is 1. The topological polar surface area (TPSA) is 99.0 Å². The molecule has 0 radical (unpaired) electrons. The van der Waals surface area contributed by atoms with Crippen LogP contribution >= 0.6 is 23.1 Å². The SMILES string of the molecule is CCOC(=O)c1c(NC(=O)CSc2nnnn2-c2ccc(C)c(C)c2)sc2c1CCC(CC)C2. The van der Waals surface area contributed by atoms with Crippen molar-refractivity contribution in [2.75, 3.05) is 17.7 Å². The molecular formula is C24H29N5O3S2. The molecule has 0 fully saturated rings. The van der Waals surface area contributed by atoms with Crippen molar-refractivity contribution in [1.82, 2.24) is 20.2 Å². The number of thioether (sulfide) groups is 1. The molecular weight excluding hydrogens is 470 g/mol. The van der Waals surface area contributed by atoms with Crippen LogP contribution in [0.5, 0.6) is 0 Å². The van der Waals surface area contributed by atoms with E-state index in [1.807, 2.05) is 32.0 Å². The van der Waals surface area contributed by atoms with E-state index in [1.54, 1.807) is 11.6 Å². The van der Waals surface area contributed by atoms with Crippen LogP contribution in [0.2, 0.25) is 0 Å². The molecule has 2 heterocycles. The molecule has 0 saturated carbocycles. The van der Waals surface area contributed by atoms with Gasteiger partial charge in [-0.2, -0.15) is 4.68 Å². The number of benzene rings is 1. The third-order valence-corrected chi connectivity index (χ3v) is 8.27. The number of nitrogens with one attached hydrogen (secondary N) is 1. The van der Waals surface area contributed by atoms with E-state index < -0.39 is 0 Å². The van der Waals surface area contributed by atoms with Crippen molar-refractivity contribution in [3.05, 3.63) is 45.3 Å². The number of carbonyl (C=O) groups excluding carboxylic acids is 2. The molecule has 3 aromatic rings. The minimum absolute atomic E-state index is 0.119. The van der Waals surface area contributed by atoms with Crippen molar-refractivity contribution in [1.29, 1.82) is 0 Å². The maximum atomic E-state index is 12.9. The lowest BCUT2D eigenvalue weighted by Crippen LogP contribution is -2.18. The highest BCUT2D eigenvalue weighted by molar-refractivity contribution is 7.99. The Hall–Kier alpha value is -2.72. The summed E-state index contributed by atoms with van der Waals surface area (Å²) in [6, 6.07) is 5.99. The number of tetrazole rings is 1. The molecule has 8 nitrogen and oxygen atoms in total. The number of aromatic nitrogens is 4. The zero-order chi connectivity index (χ0) is 24.2. The quantitative estimate of drug-likeness (QED) is 0.352. The number of anilines is 1. The average Bonchev–Trinajstić information content (AvgIpc) is 3.43. The first-order valence-electron chi connectivity index (χ1n) is 11.5. The number of ether oxygens (including phenoxy) is 1. The fraction of sp³-hybridized carbons (Fsp3) is 0.458. The minimum atomic E-state index is -0.364. The highest BCUT2D eigenvalue weighted by Gasteiger charge is 2.30. The van der Waals surface area contributed by atoms with E-state index >= 15 is 0 Å². The van der Waals surface area contributed by atoms with E-state index in [-0.39, 0.29) is 17.6 Å². The van der Waals surface area contributed by atoms with E-state index in [4.69, 9.17) is 4.74 Å². The van der Waals surface area contributed by atoms with Crippen molar-refractivity contribution in [2.24, 2.45) is 5.92 Å². The van der Waals surface area contributed by atoms with Crippen LogP contribution in [0.3, 0.4) is 0 Å². The van der Waals surface area contributed by atoms with Gasteiger partial charge in [0.25, 0.3) is 0 Å².